The number of rotatable bonds is 37. The van der Waals surface area contributed by atoms with Crippen molar-refractivity contribution in [1.29, 1.82) is 0 Å². The molecule has 0 bridgehead atoms. The Bertz CT molecular complexity index is 4970. The first-order chi connectivity index (χ1) is 64.8. The van der Waals surface area contributed by atoms with E-state index in [-0.39, 0.29) is 69.0 Å². The number of phenols is 1. The van der Waals surface area contributed by atoms with Gasteiger partial charge in [0.15, 0.2) is 5.78 Å². The molecule has 24 N–H and O–H groups in total. The molecule has 18 atom stereocenters. The van der Waals surface area contributed by atoms with Gasteiger partial charge >= 0.3 is 5.97 Å². The molecule has 5 rings (SSSR count). The lowest BCUT2D eigenvalue weighted by molar-refractivity contribution is -0.140. The number of para-hydroxylation sites is 1. The SMILES string of the molecule is CC(=O)N[C@@H](CC(C)C)C(=O)N[C@H](C(=O)N[C@@H](Cc1ccccc1)C(=O)N[C@]1(C)CCCCCC/C=C/CCC[C@@](C)(C(=O)N[C@@H](C)C(=O)N[C@@H](C)C(=O)N[C@@H](C)C(=O)NC(C)C(=O)NC(C)C(=O)NC(C)C(N)=O)NC(=O)[C@H](CC(C)C)CC(=O)[C@H](CCC(N)=O)NC(=O)[C@H](C)NC(=O)[C@H](Cc2c[nH]c3ccccc23)NC(=O)[C@H](Cc2ccc(O)cc2)NC(=O)[C@H](CCC(=O)O)NC1=O)[C@@H](C)O. The van der Waals surface area contributed by atoms with Gasteiger partial charge in [0.25, 0.3) is 0 Å². The third-order valence-corrected chi connectivity index (χ3v) is 23.4. The summed E-state index contributed by atoms with van der Waals surface area (Å²) in [5, 5.41) is 73.6. The lowest BCUT2D eigenvalue weighted by Crippen LogP contribution is -2.65. The number of benzene rings is 3. The number of carboxylic acids is 1. The number of phenolic OH excluding ortho intramolecular Hbond substituents is 1. The molecule has 1 aliphatic heterocycles. The molecule has 0 saturated carbocycles. The molecule has 0 radical (unpaired) electrons. The molecule has 18 amide bonds. The van der Waals surface area contributed by atoms with Gasteiger partial charge < -0.3 is 117 Å². The minimum absolute atomic E-state index is 0.00443. The van der Waals surface area contributed by atoms with Crippen molar-refractivity contribution in [2.75, 3.05) is 0 Å². The number of nitrogens with one attached hydrogen (secondary N) is 17. The highest BCUT2D eigenvalue weighted by Crippen LogP contribution is 2.26. The van der Waals surface area contributed by atoms with Crippen molar-refractivity contribution < 1.29 is 111 Å². The van der Waals surface area contributed by atoms with Crippen LogP contribution in [0.5, 0.6) is 5.75 Å². The van der Waals surface area contributed by atoms with E-state index >= 15 is 28.8 Å². The lowest BCUT2D eigenvalue weighted by Gasteiger charge is -2.34. The molecular formula is C96H141N19O23. The number of aliphatic hydroxyl groups excluding tert-OH is 1. The van der Waals surface area contributed by atoms with Crippen LogP contribution in [0.2, 0.25) is 0 Å². The quantitative estimate of drug-likeness (QED) is 0.0271. The minimum atomic E-state index is -2.08. The molecule has 4 aromatic rings. The second-order valence-corrected chi connectivity index (χ2v) is 36.9. The topological polar surface area (TPSA) is 662 Å². The van der Waals surface area contributed by atoms with Gasteiger partial charge in [0.1, 0.15) is 95.4 Å². The monoisotopic (exact) mass is 1930 g/mol. The maximum absolute atomic E-state index is 15.6. The standard InChI is InChI=1S/C96H141N19O23/c1-51(2)44-64-49-75(119)69(38-40-76(97)120)108-85(129)58(10)105-88(132)74(48-65-50-99-68-33-27-26-32-67(65)68)110-89(133)72(47-63-34-36-66(118)37-35-63)109-87(131)70(39-41-77(121)122)112-94(138)96(15,115-91(135)73(46-62-30-24-23-25-31-62)111-92(136)78(60(12)116)113-90(134)71(45-52(3)4)107-61(13)117)43-29-22-20-18-16-17-19-21-28-42-95(14,114-86(64)130)93(137)106-59(11)84(128)104-57(9)83(127)103-56(8)82(126)102-55(7)81(125)101-54(6)80(124)100-53(5)79(98)123/h17,19,23-27,30-37,50-60,64,69-74,78,99,116,118H,16,18,20-22,28-29,38-49H2,1-15H3,(H2,97,120)(H2,98,123)(H,100,124)(H,101,125)(H,102,126)(H,103,127)(H,104,128)(H,105,132)(H,106,137)(H,107,117)(H,108,129)(H,109,131)(H,110,133)(H,111,136)(H,112,138)(H,113,134)(H,114,130)(H,115,135)(H,121,122)/b19-17+/t53?,54?,55?,56-,57-,58-,59-,60+,64+,69-,70-,71-,72-,73-,74-,78-,95-,96+/m0/s1. The fourth-order valence-electron chi connectivity index (χ4n) is 15.2. The molecule has 2 heterocycles. The molecule has 0 spiro atoms. The molecule has 42 nitrogen and oxygen atoms in total. The number of aliphatic hydroxyl groups is 1. The third kappa shape index (κ3) is 38.5. The van der Waals surface area contributed by atoms with Crippen LogP contribution in [0.1, 0.15) is 223 Å². The van der Waals surface area contributed by atoms with Gasteiger partial charge in [-0.05, 0) is 180 Å². The number of aromatic nitrogens is 1. The number of hydrogen-bond acceptors (Lipinski definition) is 22. The van der Waals surface area contributed by atoms with Crippen LogP contribution >= 0.6 is 0 Å². The first-order valence-corrected chi connectivity index (χ1v) is 46.7. The number of ketones is 1. The first kappa shape index (κ1) is 115. The highest BCUT2D eigenvalue weighted by molar-refractivity contribution is 6.03. The molecule has 0 saturated heterocycles. The summed E-state index contributed by atoms with van der Waals surface area (Å²) in [7, 11) is 0. The van der Waals surface area contributed by atoms with Crippen molar-refractivity contribution in [2.45, 2.75) is 328 Å². The van der Waals surface area contributed by atoms with E-state index in [9.17, 15) is 82.4 Å². The molecule has 1 aliphatic rings. The van der Waals surface area contributed by atoms with E-state index in [1.165, 1.54) is 100 Å². The molecule has 1 aromatic heterocycles. The average Bonchev–Trinajstić information content (AvgIpc) is 1.57. The third-order valence-electron chi connectivity index (χ3n) is 23.4. The average molecular weight is 1930 g/mol. The van der Waals surface area contributed by atoms with Crippen molar-refractivity contribution in [3.63, 3.8) is 0 Å². The molecule has 0 aliphatic carbocycles. The number of H-pyrrole nitrogens is 1. The number of carboxylic acid groups (broad SMARTS) is 1. The van der Waals surface area contributed by atoms with Crippen LogP contribution in [-0.2, 0) is 115 Å². The normalized spacial score (nSPS) is 21.9. The summed E-state index contributed by atoms with van der Waals surface area (Å²) >= 11 is 0. The summed E-state index contributed by atoms with van der Waals surface area (Å²) in [6.45, 7) is 21.4. The van der Waals surface area contributed by atoms with Gasteiger partial charge in [-0.1, -0.05) is 120 Å². The van der Waals surface area contributed by atoms with Crippen LogP contribution in [0.4, 0.5) is 0 Å². The van der Waals surface area contributed by atoms with Crippen LogP contribution in [0.15, 0.2) is 97.2 Å². The highest BCUT2D eigenvalue weighted by Gasteiger charge is 2.44. The number of amides is 18. The summed E-state index contributed by atoms with van der Waals surface area (Å²) < 4.78 is 0. The Labute approximate surface area is 803 Å². The number of carbonyl (C=O) groups excluding carboxylic acids is 19. The van der Waals surface area contributed by atoms with Crippen molar-refractivity contribution in [3.8, 4) is 5.75 Å². The van der Waals surface area contributed by atoms with E-state index in [0.29, 0.717) is 59.7 Å². The minimum Gasteiger partial charge on any atom is -0.508 e. The second kappa shape index (κ2) is 55.5. The number of aromatic hydroxyl groups is 1. The van der Waals surface area contributed by atoms with Crippen LogP contribution in [0.3, 0.4) is 0 Å². The molecule has 138 heavy (non-hydrogen) atoms. The Hall–Kier alpha value is -13.7. The molecule has 3 aromatic carbocycles. The van der Waals surface area contributed by atoms with Gasteiger partial charge in [-0.3, -0.25) is 95.9 Å². The van der Waals surface area contributed by atoms with E-state index in [0.717, 1.165) is 0 Å². The predicted octanol–water partition coefficient (Wildman–Crippen LogP) is 0.342. The summed E-state index contributed by atoms with van der Waals surface area (Å²) in [6.07, 6.45) is 2.15. The van der Waals surface area contributed by atoms with Crippen LogP contribution in [0, 0.1) is 17.8 Å². The Morgan fingerprint density at radius 2 is 1.00 bits per heavy atom. The molecular weight excluding hydrogens is 1790 g/mol. The van der Waals surface area contributed by atoms with Crippen molar-refractivity contribution in [2.24, 2.45) is 29.2 Å². The fourth-order valence-corrected chi connectivity index (χ4v) is 15.2. The smallest absolute Gasteiger partial charge is 0.303 e. The number of hydrogen-bond donors (Lipinski definition) is 22. The van der Waals surface area contributed by atoms with Gasteiger partial charge in [-0.25, -0.2) is 0 Å². The summed E-state index contributed by atoms with van der Waals surface area (Å²) in [6, 6.07) is 0.305. The number of fused-ring (bicyclic) bond motifs is 1. The van der Waals surface area contributed by atoms with E-state index in [2.05, 4.69) is 90.1 Å². The fraction of sp³-hybridized carbons (Fsp3) is 0.562. The molecule has 0 fully saturated rings. The molecule has 3 unspecified atom stereocenters. The van der Waals surface area contributed by atoms with E-state index in [4.69, 9.17) is 11.5 Å². The van der Waals surface area contributed by atoms with E-state index < -0.39 is 264 Å². The Morgan fingerprint density at radius 1 is 0.486 bits per heavy atom. The van der Waals surface area contributed by atoms with Crippen LogP contribution in [0.25, 0.3) is 10.9 Å². The Kier molecular flexibility index (Phi) is 46.2. The van der Waals surface area contributed by atoms with E-state index in [1.807, 2.05) is 12.2 Å². The first-order valence-electron chi connectivity index (χ1n) is 46.7. The lowest BCUT2D eigenvalue weighted by atomic mass is 9.86. The zero-order valence-electron chi connectivity index (χ0n) is 81.2. The van der Waals surface area contributed by atoms with Gasteiger partial charge in [-0.15, -0.1) is 0 Å². The zero-order chi connectivity index (χ0) is 103. The maximum Gasteiger partial charge on any atom is 0.303 e. The van der Waals surface area contributed by atoms with Gasteiger partial charge in [0.2, 0.25) is 106 Å². The number of primary amides is 2. The van der Waals surface area contributed by atoms with Gasteiger partial charge in [0.05, 0.1) is 12.1 Å². The summed E-state index contributed by atoms with van der Waals surface area (Å²) in [5.41, 5.74) is 8.76. The number of carbonyl (C=O) groups is 20. The number of allylic oxidation sites excluding steroid dienone is 2. The number of aromatic amines is 1. The van der Waals surface area contributed by atoms with Crippen molar-refractivity contribution in [1.82, 2.24) is 90.1 Å². The molecule has 758 valence electrons. The number of aliphatic carboxylic acids is 1. The van der Waals surface area contributed by atoms with Crippen molar-refractivity contribution in [3.05, 3.63) is 114 Å². The number of Topliss-reactive ketones (excluding diaryl/α,β-unsaturated/α-hetero) is 1. The van der Waals surface area contributed by atoms with E-state index in [1.54, 1.807) is 88.5 Å². The van der Waals surface area contributed by atoms with Gasteiger partial charge in [-0.2, -0.15) is 0 Å². The highest BCUT2D eigenvalue weighted by atomic mass is 16.4. The zero-order valence-corrected chi connectivity index (χ0v) is 81.2. The van der Waals surface area contributed by atoms with Crippen molar-refractivity contribution >= 4 is 129 Å². The Morgan fingerprint density at radius 3 is 1.54 bits per heavy atom. The predicted molar refractivity (Wildman–Crippen MR) is 508 cm³/mol. The summed E-state index contributed by atoms with van der Waals surface area (Å²) in [4.78, 5) is 283. The largest absolute Gasteiger partial charge is 0.508 e. The second-order valence-electron chi connectivity index (χ2n) is 36.9. The summed E-state index contributed by atoms with van der Waals surface area (Å²) in [5.74, 6) is -20.3. The Balaban J connectivity index is 1.58. The van der Waals surface area contributed by atoms with Crippen LogP contribution in [-0.4, -0.2) is 240 Å². The van der Waals surface area contributed by atoms with Crippen LogP contribution < -0.4 is 96.5 Å². The number of nitrogens with two attached hydrogens (primary N) is 2. The molecule has 42 heteroatoms. The van der Waals surface area contributed by atoms with Gasteiger partial charge in [0, 0.05) is 68.5 Å². The maximum atomic E-state index is 15.6.